The van der Waals surface area contributed by atoms with E-state index in [0.717, 1.165) is 19.3 Å². The Morgan fingerprint density at radius 2 is 1.53 bits per heavy atom. The second-order valence-electron chi connectivity index (χ2n) is 5.03. The van der Waals surface area contributed by atoms with Gasteiger partial charge in [0.2, 0.25) is 11.8 Å². The Kier molecular flexibility index (Phi) is 1.89. The Balaban J connectivity index is 1.82. The van der Waals surface area contributed by atoms with Crippen LogP contribution in [0.3, 0.4) is 0 Å². The van der Waals surface area contributed by atoms with Crippen LogP contribution < -0.4 is 0 Å². The molecule has 2 bridgehead atoms. The van der Waals surface area contributed by atoms with E-state index in [-0.39, 0.29) is 35.8 Å². The van der Waals surface area contributed by atoms with Crippen LogP contribution in [0.15, 0.2) is 0 Å². The predicted octanol–water partition coefficient (Wildman–Crippen LogP) is 0.295. The van der Waals surface area contributed by atoms with Crippen LogP contribution in [-0.2, 0) is 9.59 Å². The van der Waals surface area contributed by atoms with Crippen molar-refractivity contribution in [1.82, 2.24) is 4.90 Å². The van der Waals surface area contributed by atoms with E-state index in [1.165, 1.54) is 4.90 Å². The molecule has 1 aliphatic heterocycles. The Hall–Kier alpha value is -0.900. The van der Waals surface area contributed by atoms with Crippen LogP contribution in [0.2, 0.25) is 0 Å². The molecule has 15 heavy (non-hydrogen) atoms. The highest BCUT2D eigenvalue weighted by Crippen LogP contribution is 2.41. The number of hydrogen-bond donors (Lipinski definition) is 1. The number of aliphatic hydroxyl groups is 1. The molecule has 3 aliphatic rings. The van der Waals surface area contributed by atoms with E-state index in [1.807, 2.05) is 0 Å². The minimum absolute atomic E-state index is 0.0107. The molecule has 2 aliphatic carbocycles. The Morgan fingerprint density at radius 1 is 1.00 bits per heavy atom. The lowest BCUT2D eigenvalue weighted by atomic mass is 9.84. The van der Waals surface area contributed by atoms with Gasteiger partial charge in [0.1, 0.15) is 0 Å². The van der Waals surface area contributed by atoms with E-state index in [1.54, 1.807) is 0 Å². The van der Waals surface area contributed by atoms with Crippen LogP contribution in [0.25, 0.3) is 0 Å². The number of rotatable bonds is 1. The first kappa shape index (κ1) is 9.33. The maximum atomic E-state index is 12.0. The highest BCUT2D eigenvalue weighted by atomic mass is 16.3. The van der Waals surface area contributed by atoms with Gasteiger partial charge in [-0.15, -0.1) is 0 Å². The lowest BCUT2D eigenvalue weighted by molar-refractivity contribution is -0.160. The first-order valence-corrected chi connectivity index (χ1v) is 5.72. The molecule has 0 radical (unpaired) electrons. The second-order valence-corrected chi connectivity index (χ2v) is 5.03. The molecular formula is C11H15NO3. The van der Waals surface area contributed by atoms with Crippen LogP contribution >= 0.6 is 0 Å². The van der Waals surface area contributed by atoms with Crippen molar-refractivity contribution in [1.29, 1.82) is 0 Å². The van der Waals surface area contributed by atoms with Gasteiger partial charge in [0.25, 0.3) is 0 Å². The summed E-state index contributed by atoms with van der Waals surface area (Å²) in [4.78, 5) is 25.4. The quantitative estimate of drug-likeness (QED) is 0.632. The van der Waals surface area contributed by atoms with E-state index >= 15 is 0 Å². The number of hydrogen-bond acceptors (Lipinski definition) is 3. The van der Waals surface area contributed by atoms with E-state index in [4.69, 9.17) is 0 Å². The number of aliphatic hydroxyl groups excluding tert-OH is 1. The molecule has 2 saturated carbocycles. The highest BCUT2D eigenvalue weighted by Gasteiger charge is 2.49. The number of likely N-dealkylation sites (tertiary alicyclic amines) is 1. The number of amides is 2. The molecule has 0 spiro atoms. The minimum Gasteiger partial charge on any atom is -0.393 e. The Labute approximate surface area is 88.2 Å². The van der Waals surface area contributed by atoms with Gasteiger partial charge in [-0.25, -0.2) is 0 Å². The molecule has 3 fully saturated rings. The summed E-state index contributed by atoms with van der Waals surface area (Å²) >= 11 is 0. The molecule has 4 heteroatoms. The maximum Gasteiger partial charge on any atom is 0.232 e. The van der Waals surface area contributed by atoms with Crippen molar-refractivity contribution in [3.8, 4) is 0 Å². The molecule has 82 valence electrons. The first-order chi connectivity index (χ1) is 7.16. The summed E-state index contributed by atoms with van der Waals surface area (Å²) in [5, 5.41) is 9.22. The first-order valence-electron chi connectivity index (χ1n) is 5.72. The summed E-state index contributed by atoms with van der Waals surface area (Å²) in [7, 11) is 0. The smallest absolute Gasteiger partial charge is 0.232 e. The summed E-state index contributed by atoms with van der Waals surface area (Å²) < 4.78 is 0. The van der Waals surface area contributed by atoms with Gasteiger partial charge in [-0.2, -0.15) is 0 Å². The van der Waals surface area contributed by atoms with Crippen molar-refractivity contribution in [2.24, 2.45) is 11.8 Å². The van der Waals surface area contributed by atoms with Crippen molar-refractivity contribution in [3.63, 3.8) is 0 Å². The fourth-order valence-corrected chi connectivity index (χ4v) is 3.06. The molecule has 2 atom stereocenters. The number of nitrogens with zero attached hydrogens (tertiary/aromatic N) is 1. The molecule has 1 saturated heterocycles. The highest BCUT2D eigenvalue weighted by molar-refractivity contribution is 6.01. The van der Waals surface area contributed by atoms with Gasteiger partial charge in [-0.1, -0.05) is 0 Å². The Morgan fingerprint density at radius 3 is 2.00 bits per heavy atom. The molecule has 2 amide bonds. The van der Waals surface area contributed by atoms with Crippen LogP contribution in [0.4, 0.5) is 0 Å². The van der Waals surface area contributed by atoms with E-state index in [2.05, 4.69) is 0 Å². The van der Waals surface area contributed by atoms with Gasteiger partial charge in [0.05, 0.1) is 6.10 Å². The van der Waals surface area contributed by atoms with Gasteiger partial charge in [0, 0.05) is 17.9 Å². The van der Waals surface area contributed by atoms with Gasteiger partial charge >= 0.3 is 0 Å². The summed E-state index contributed by atoms with van der Waals surface area (Å²) in [6.45, 7) is 0. The van der Waals surface area contributed by atoms with E-state index in [9.17, 15) is 14.7 Å². The van der Waals surface area contributed by atoms with Crippen molar-refractivity contribution >= 4 is 11.8 Å². The van der Waals surface area contributed by atoms with Crippen molar-refractivity contribution < 1.29 is 14.7 Å². The topological polar surface area (TPSA) is 57.6 Å². The fourth-order valence-electron chi connectivity index (χ4n) is 3.06. The third-order valence-corrected chi connectivity index (χ3v) is 4.06. The summed E-state index contributed by atoms with van der Waals surface area (Å²) in [5.74, 6) is 0.215. The van der Waals surface area contributed by atoms with Crippen molar-refractivity contribution in [2.75, 3.05) is 0 Å². The van der Waals surface area contributed by atoms with E-state index < -0.39 is 0 Å². The Bertz CT molecular complexity index is 300. The molecule has 2 unspecified atom stereocenters. The monoisotopic (exact) mass is 209 g/mol. The summed E-state index contributed by atoms with van der Waals surface area (Å²) in [6, 6.07) is -0.0107. The zero-order valence-electron chi connectivity index (χ0n) is 8.56. The normalized spacial score (nSPS) is 44.5. The van der Waals surface area contributed by atoms with Gasteiger partial charge in [-0.05, 0) is 32.1 Å². The molecule has 0 aromatic carbocycles. The summed E-state index contributed by atoms with van der Waals surface area (Å²) in [5.41, 5.74) is 0. The second kappa shape index (κ2) is 3.04. The number of piperidine rings is 1. The molecule has 1 N–H and O–H groups in total. The fraction of sp³-hybridized carbons (Fsp3) is 0.818. The van der Waals surface area contributed by atoms with Crippen LogP contribution in [-0.4, -0.2) is 34.0 Å². The standard InChI is InChI=1S/C11H15NO3/c13-9-4-8(5-9)12-10(14)6-1-2-7(3-6)11(12)15/h6-9,13H,1-5H2. The number of fused-ring (bicyclic) bond motifs is 2. The number of carbonyl (C=O) groups is 2. The zero-order valence-corrected chi connectivity index (χ0v) is 8.56. The van der Waals surface area contributed by atoms with Gasteiger partial charge in [-0.3, -0.25) is 14.5 Å². The lowest BCUT2D eigenvalue weighted by Crippen LogP contribution is -2.57. The number of carbonyl (C=O) groups excluding carboxylic acids is 2. The average molecular weight is 209 g/mol. The molecule has 3 rings (SSSR count). The van der Waals surface area contributed by atoms with Crippen LogP contribution in [0.5, 0.6) is 0 Å². The third kappa shape index (κ3) is 1.24. The van der Waals surface area contributed by atoms with Crippen molar-refractivity contribution in [3.05, 3.63) is 0 Å². The van der Waals surface area contributed by atoms with Crippen LogP contribution in [0, 0.1) is 11.8 Å². The lowest BCUT2D eigenvalue weighted by Gasteiger charge is -2.42. The molecular weight excluding hydrogens is 194 g/mol. The third-order valence-electron chi connectivity index (χ3n) is 4.06. The average Bonchev–Trinajstić information content (AvgIpc) is 2.59. The maximum absolute atomic E-state index is 12.0. The van der Waals surface area contributed by atoms with Crippen LogP contribution in [0.1, 0.15) is 32.1 Å². The van der Waals surface area contributed by atoms with E-state index in [0.29, 0.717) is 12.8 Å². The largest absolute Gasteiger partial charge is 0.393 e. The summed E-state index contributed by atoms with van der Waals surface area (Å²) in [6.07, 6.45) is 3.37. The van der Waals surface area contributed by atoms with Gasteiger partial charge in [0.15, 0.2) is 0 Å². The molecule has 0 aromatic rings. The SMILES string of the molecule is O=C1C2CCC(C2)C(=O)N1C1CC(O)C1. The molecule has 1 heterocycles. The van der Waals surface area contributed by atoms with Crippen molar-refractivity contribution in [2.45, 2.75) is 44.2 Å². The predicted molar refractivity (Wildman–Crippen MR) is 51.7 cm³/mol. The molecule has 4 nitrogen and oxygen atoms in total. The number of imide groups is 1. The zero-order chi connectivity index (χ0) is 10.6. The minimum atomic E-state index is -0.310. The molecule has 0 aromatic heterocycles. The van der Waals surface area contributed by atoms with Gasteiger partial charge < -0.3 is 5.11 Å².